The second-order valence-corrected chi connectivity index (χ2v) is 5.59. The zero-order valence-electron chi connectivity index (χ0n) is 12.5. The van der Waals surface area contributed by atoms with Gasteiger partial charge < -0.3 is 5.73 Å². The zero-order valence-corrected chi connectivity index (χ0v) is 13.3. The monoisotopic (exact) mass is 296 g/mol. The Morgan fingerprint density at radius 3 is 2.25 bits per heavy atom. The van der Waals surface area contributed by atoms with Crippen LogP contribution in [0.25, 0.3) is 0 Å². The second kappa shape index (κ2) is 9.03. The van der Waals surface area contributed by atoms with Crippen molar-refractivity contribution < 1.29 is 4.39 Å². The van der Waals surface area contributed by atoms with Gasteiger partial charge in [0.25, 0.3) is 0 Å². The van der Waals surface area contributed by atoms with Crippen LogP contribution in [0.2, 0.25) is 0 Å². The van der Waals surface area contributed by atoms with Crippen molar-refractivity contribution in [3.05, 3.63) is 35.1 Å². The molecule has 0 fully saturated rings. The highest BCUT2D eigenvalue weighted by Gasteiger charge is 2.10. The topological polar surface area (TPSA) is 29.3 Å². The molecule has 0 aliphatic rings. The third-order valence-corrected chi connectivity index (χ3v) is 3.62. The van der Waals surface area contributed by atoms with Gasteiger partial charge in [-0.1, -0.05) is 51.0 Å². The quantitative estimate of drug-likeness (QED) is 0.702. The van der Waals surface area contributed by atoms with Gasteiger partial charge in [0.1, 0.15) is 10.8 Å². The molecule has 0 amide bonds. The van der Waals surface area contributed by atoms with Gasteiger partial charge >= 0.3 is 0 Å². The maximum atomic E-state index is 14.1. The number of unbranched alkanes of at least 4 members (excludes halogenated alkanes) is 2. The van der Waals surface area contributed by atoms with Gasteiger partial charge in [0.2, 0.25) is 0 Å². The molecule has 2 nitrogen and oxygen atoms in total. The minimum Gasteiger partial charge on any atom is -0.389 e. The molecule has 0 aromatic heterocycles. The lowest BCUT2D eigenvalue weighted by molar-refractivity contribution is 0.253. The van der Waals surface area contributed by atoms with Crippen molar-refractivity contribution in [1.29, 1.82) is 0 Å². The van der Waals surface area contributed by atoms with Gasteiger partial charge in [0, 0.05) is 17.7 Å². The van der Waals surface area contributed by atoms with Crippen LogP contribution in [0.5, 0.6) is 0 Å². The molecule has 0 aliphatic carbocycles. The van der Waals surface area contributed by atoms with E-state index in [0.717, 1.165) is 44.3 Å². The molecule has 0 saturated heterocycles. The Labute approximate surface area is 127 Å². The lowest BCUT2D eigenvalue weighted by atomic mass is 10.1. The fourth-order valence-corrected chi connectivity index (χ4v) is 2.23. The van der Waals surface area contributed by atoms with E-state index >= 15 is 0 Å². The molecular weight excluding hydrogens is 271 g/mol. The highest BCUT2D eigenvalue weighted by Crippen LogP contribution is 2.14. The summed E-state index contributed by atoms with van der Waals surface area (Å²) in [5, 5.41) is 0. The predicted octanol–water partition coefficient (Wildman–Crippen LogP) is 3.86. The summed E-state index contributed by atoms with van der Waals surface area (Å²) in [6, 6.07) is 5.04. The van der Waals surface area contributed by atoms with E-state index in [0.29, 0.717) is 12.1 Å². The first-order valence-corrected chi connectivity index (χ1v) is 7.79. The van der Waals surface area contributed by atoms with Crippen LogP contribution in [0.15, 0.2) is 18.2 Å². The first-order chi connectivity index (χ1) is 9.58. The number of nitrogens with two attached hydrogens (primary N) is 1. The van der Waals surface area contributed by atoms with Crippen LogP contribution in [0.3, 0.4) is 0 Å². The Hall–Kier alpha value is -1.00. The molecule has 112 valence electrons. The fraction of sp³-hybridized carbons (Fsp3) is 0.562. The highest BCUT2D eigenvalue weighted by molar-refractivity contribution is 7.80. The molecule has 0 aliphatic heterocycles. The molecule has 2 N–H and O–H groups in total. The highest BCUT2D eigenvalue weighted by atomic mass is 32.1. The number of hydrogen-bond acceptors (Lipinski definition) is 2. The molecule has 0 radical (unpaired) electrons. The average Bonchev–Trinajstić information content (AvgIpc) is 2.43. The largest absolute Gasteiger partial charge is 0.389 e. The maximum Gasteiger partial charge on any atom is 0.128 e. The number of hydrogen-bond donors (Lipinski definition) is 1. The average molecular weight is 296 g/mol. The molecule has 0 unspecified atom stereocenters. The van der Waals surface area contributed by atoms with Gasteiger partial charge in [-0.2, -0.15) is 0 Å². The third kappa shape index (κ3) is 5.55. The van der Waals surface area contributed by atoms with Crippen LogP contribution in [-0.2, 0) is 6.54 Å². The summed E-state index contributed by atoms with van der Waals surface area (Å²) in [5.74, 6) is -0.215. The molecule has 4 heteroatoms. The molecular formula is C16H25FN2S. The van der Waals surface area contributed by atoms with Crippen molar-refractivity contribution in [1.82, 2.24) is 4.90 Å². The number of rotatable bonds is 9. The van der Waals surface area contributed by atoms with Gasteiger partial charge in [-0.15, -0.1) is 0 Å². The van der Waals surface area contributed by atoms with Crippen LogP contribution in [0.4, 0.5) is 4.39 Å². The summed E-state index contributed by atoms with van der Waals surface area (Å²) in [5.41, 5.74) is 6.83. The van der Waals surface area contributed by atoms with E-state index in [-0.39, 0.29) is 10.8 Å². The van der Waals surface area contributed by atoms with E-state index in [9.17, 15) is 4.39 Å². The molecule has 1 rings (SSSR count). The van der Waals surface area contributed by atoms with Crippen molar-refractivity contribution in [2.45, 2.75) is 46.1 Å². The number of halogens is 1. The van der Waals surface area contributed by atoms with Gasteiger partial charge in [-0.05, 0) is 32.0 Å². The van der Waals surface area contributed by atoms with E-state index in [1.54, 1.807) is 12.1 Å². The lowest BCUT2D eigenvalue weighted by Gasteiger charge is -2.22. The first kappa shape index (κ1) is 17.1. The van der Waals surface area contributed by atoms with Crippen molar-refractivity contribution in [2.24, 2.45) is 5.73 Å². The van der Waals surface area contributed by atoms with E-state index in [1.165, 1.54) is 6.07 Å². The van der Waals surface area contributed by atoms with Crippen molar-refractivity contribution in [2.75, 3.05) is 13.1 Å². The molecule has 20 heavy (non-hydrogen) atoms. The smallest absolute Gasteiger partial charge is 0.128 e. The third-order valence-electron chi connectivity index (χ3n) is 3.39. The lowest BCUT2D eigenvalue weighted by Crippen LogP contribution is -2.26. The van der Waals surface area contributed by atoms with Gasteiger partial charge in [-0.3, -0.25) is 4.90 Å². The summed E-state index contributed by atoms with van der Waals surface area (Å²) in [7, 11) is 0. The SMILES string of the molecule is CCCCN(CCCC)Cc1ccc(C(N)=S)cc1F. The number of thiocarbonyl (C=S) groups is 1. The summed E-state index contributed by atoms with van der Waals surface area (Å²) < 4.78 is 14.1. The first-order valence-electron chi connectivity index (χ1n) is 7.39. The molecule has 0 bridgehead atoms. The van der Waals surface area contributed by atoms with E-state index in [4.69, 9.17) is 18.0 Å². The maximum absolute atomic E-state index is 14.1. The van der Waals surface area contributed by atoms with E-state index in [2.05, 4.69) is 18.7 Å². The second-order valence-electron chi connectivity index (χ2n) is 5.15. The van der Waals surface area contributed by atoms with Crippen LogP contribution in [0, 0.1) is 5.82 Å². The summed E-state index contributed by atoms with van der Waals surface area (Å²) in [6.07, 6.45) is 4.61. The molecule has 1 aromatic carbocycles. The van der Waals surface area contributed by atoms with Crippen LogP contribution in [-0.4, -0.2) is 23.0 Å². The van der Waals surface area contributed by atoms with Crippen LogP contribution in [0.1, 0.15) is 50.7 Å². The van der Waals surface area contributed by atoms with Gasteiger partial charge in [0.05, 0.1) is 0 Å². The predicted molar refractivity (Wildman–Crippen MR) is 87.4 cm³/mol. The Kier molecular flexibility index (Phi) is 7.70. The van der Waals surface area contributed by atoms with Crippen molar-refractivity contribution in [3.8, 4) is 0 Å². The number of nitrogens with zero attached hydrogens (tertiary/aromatic N) is 1. The summed E-state index contributed by atoms with van der Waals surface area (Å²) in [4.78, 5) is 2.57. The number of benzene rings is 1. The minimum absolute atomic E-state index is 0.215. The minimum atomic E-state index is -0.215. The molecule has 0 spiro atoms. The van der Waals surface area contributed by atoms with Gasteiger partial charge in [-0.25, -0.2) is 4.39 Å². The summed E-state index contributed by atoms with van der Waals surface area (Å²) in [6.45, 7) is 7.05. The van der Waals surface area contributed by atoms with Crippen LogP contribution >= 0.6 is 12.2 Å². The Bertz CT molecular complexity index is 426. The fourth-order valence-electron chi connectivity index (χ4n) is 2.10. The standard InChI is InChI=1S/C16H25FN2S/c1-3-5-9-19(10-6-4-2)12-14-8-7-13(16(18)20)11-15(14)17/h7-8,11H,3-6,9-10,12H2,1-2H3,(H2,18,20). The van der Waals surface area contributed by atoms with Crippen LogP contribution < -0.4 is 5.73 Å². The Morgan fingerprint density at radius 2 is 1.80 bits per heavy atom. The summed E-state index contributed by atoms with van der Waals surface area (Å²) >= 11 is 4.87. The Balaban J connectivity index is 2.73. The van der Waals surface area contributed by atoms with E-state index in [1.807, 2.05) is 0 Å². The van der Waals surface area contributed by atoms with Gasteiger partial charge in [0.15, 0.2) is 0 Å². The van der Waals surface area contributed by atoms with E-state index < -0.39 is 0 Å². The molecule has 1 aromatic rings. The van der Waals surface area contributed by atoms with Crippen molar-refractivity contribution >= 4 is 17.2 Å². The molecule has 0 saturated carbocycles. The van der Waals surface area contributed by atoms with Crippen molar-refractivity contribution in [3.63, 3.8) is 0 Å². The zero-order chi connectivity index (χ0) is 15.0. The molecule has 0 heterocycles. The Morgan fingerprint density at radius 1 is 1.20 bits per heavy atom. The normalized spacial score (nSPS) is 11.0. The molecule has 0 atom stereocenters.